The van der Waals surface area contributed by atoms with Gasteiger partial charge in [-0.05, 0) is 29.3 Å². The molecule has 0 aliphatic heterocycles. The summed E-state index contributed by atoms with van der Waals surface area (Å²) in [5, 5.41) is 13.6. The fourth-order valence-electron chi connectivity index (χ4n) is 1.30. The molecule has 0 bridgehead atoms. The van der Waals surface area contributed by atoms with E-state index in [9.17, 15) is 10.1 Å². The number of hydrogen-bond donors (Lipinski definition) is 1. The van der Waals surface area contributed by atoms with Crippen LogP contribution in [0.4, 0.5) is 11.5 Å². The van der Waals surface area contributed by atoms with Gasteiger partial charge in [-0.3, -0.25) is 15.1 Å². The maximum absolute atomic E-state index is 10.8. The quantitative estimate of drug-likeness (QED) is 0.516. The Hall–Kier alpha value is -2.28. The summed E-state index contributed by atoms with van der Waals surface area (Å²) in [6.45, 7) is 0.386. The second kappa shape index (κ2) is 5.37. The normalized spacial score (nSPS) is 10.1. The molecule has 8 heteroatoms. The molecule has 1 N–H and O–H groups in total. The Morgan fingerprint density at radius 2 is 2.11 bits per heavy atom. The van der Waals surface area contributed by atoms with Gasteiger partial charge in [-0.2, -0.15) is 4.98 Å². The van der Waals surface area contributed by atoms with E-state index in [2.05, 4.69) is 20.3 Å². The number of hydrogen-bond acceptors (Lipinski definition) is 6. The van der Waals surface area contributed by atoms with Crippen LogP contribution in [0.3, 0.4) is 0 Å². The first-order valence-corrected chi connectivity index (χ1v) is 5.34. The van der Waals surface area contributed by atoms with Gasteiger partial charge in [-0.15, -0.1) is 0 Å². The zero-order valence-corrected chi connectivity index (χ0v) is 9.83. The van der Waals surface area contributed by atoms with E-state index in [0.717, 1.165) is 11.8 Å². The van der Waals surface area contributed by atoms with E-state index >= 15 is 0 Å². The number of nitrogens with one attached hydrogen (secondary N) is 1. The third-order valence-electron chi connectivity index (χ3n) is 2.15. The van der Waals surface area contributed by atoms with Gasteiger partial charge in [0, 0.05) is 18.9 Å². The van der Waals surface area contributed by atoms with Gasteiger partial charge in [-0.1, -0.05) is 0 Å². The first kappa shape index (κ1) is 12.2. The molecule has 0 aromatic carbocycles. The highest BCUT2D eigenvalue weighted by molar-refractivity contribution is 6.28. The molecule has 2 aromatic heterocycles. The highest BCUT2D eigenvalue weighted by Crippen LogP contribution is 2.22. The van der Waals surface area contributed by atoms with Gasteiger partial charge in [0.15, 0.2) is 0 Å². The van der Waals surface area contributed by atoms with Crippen molar-refractivity contribution < 1.29 is 4.92 Å². The fraction of sp³-hybridized carbons (Fsp3) is 0.100. The van der Waals surface area contributed by atoms with Crippen molar-refractivity contribution in [3.63, 3.8) is 0 Å². The lowest BCUT2D eigenvalue weighted by atomic mass is 10.3. The Morgan fingerprint density at radius 1 is 1.39 bits per heavy atom. The van der Waals surface area contributed by atoms with E-state index < -0.39 is 4.92 Å². The Balaban J connectivity index is 2.18. The standard InChI is InChI=1S/C10H8ClN5O2/c11-10-14-6-8(16(17)18)9(15-10)13-5-7-1-3-12-4-2-7/h1-4,6H,5H2,(H,13,14,15). The van der Waals surface area contributed by atoms with Crippen LogP contribution in [-0.4, -0.2) is 19.9 Å². The second-order valence-electron chi connectivity index (χ2n) is 3.34. The summed E-state index contributed by atoms with van der Waals surface area (Å²) < 4.78 is 0. The lowest BCUT2D eigenvalue weighted by Gasteiger charge is -2.05. The van der Waals surface area contributed by atoms with E-state index in [1.165, 1.54) is 0 Å². The Labute approximate surface area is 107 Å². The number of aromatic nitrogens is 3. The molecular weight excluding hydrogens is 258 g/mol. The lowest BCUT2D eigenvalue weighted by Crippen LogP contribution is -2.05. The summed E-state index contributed by atoms with van der Waals surface area (Å²) in [6, 6.07) is 3.59. The molecule has 2 heterocycles. The monoisotopic (exact) mass is 265 g/mol. The van der Waals surface area contributed by atoms with Crippen molar-refractivity contribution in [2.24, 2.45) is 0 Å². The van der Waals surface area contributed by atoms with E-state index in [1.54, 1.807) is 24.5 Å². The molecule has 0 aliphatic carbocycles. The van der Waals surface area contributed by atoms with Crippen molar-refractivity contribution in [3.05, 3.63) is 51.7 Å². The van der Waals surface area contributed by atoms with E-state index in [4.69, 9.17) is 11.6 Å². The third-order valence-corrected chi connectivity index (χ3v) is 2.33. The summed E-state index contributed by atoms with van der Waals surface area (Å²) in [7, 11) is 0. The molecule has 2 rings (SSSR count). The van der Waals surface area contributed by atoms with Crippen molar-refractivity contribution in [1.29, 1.82) is 0 Å². The van der Waals surface area contributed by atoms with Crippen LogP contribution in [0.2, 0.25) is 5.28 Å². The zero-order chi connectivity index (χ0) is 13.0. The average Bonchev–Trinajstić information content (AvgIpc) is 2.37. The summed E-state index contributed by atoms with van der Waals surface area (Å²) >= 11 is 5.61. The summed E-state index contributed by atoms with van der Waals surface area (Å²) in [5.41, 5.74) is 0.711. The van der Waals surface area contributed by atoms with Crippen molar-refractivity contribution >= 4 is 23.1 Å². The number of pyridine rings is 1. The Bertz CT molecular complexity index is 563. The summed E-state index contributed by atoms with van der Waals surface area (Å²) in [6.07, 6.45) is 4.35. The molecule has 0 spiro atoms. The molecule has 7 nitrogen and oxygen atoms in total. The van der Waals surface area contributed by atoms with Gasteiger partial charge < -0.3 is 5.32 Å². The van der Waals surface area contributed by atoms with Gasteiger partial charge >= 0.3 is 5.69 Å². The van der Waals surface area contributed by atoms with Crippen LogP contribution in [0.25, 0.3) is 0 Å². The molecule has 0 atom stereocenters. The van der Waals surface area contributed by atoms with Crippen LogP contribution >= 0.6 is 11.6 Å². The molecule has 0 amide bonds. The predicted molar refractivity (Wildman–Crippen MR) is 65.3 cm³/mol. The highest BCUT2D eigenvalue weighted by atomic mass is 35.5. The van der Waals surface area contributed by atoms with Crippen LogP contribution in [-0.2, 0) is 6.54 Å². The second-order valence-corrected chi connectivity index (χ2v) is 3.68. The minimum atomic E-state index is -0.564. The Kier molecular flexibility index (Phi) is 3.63. The molecule has 0 saturated heterocycles. The molecular formula is C10H8ClN5O2. The van der Waals surface area contributed by atoms with Gasteiger partial charge in [0.1, 0.15) is 6.20 Å². The average molecular weight is 266 g/mol. The highest BCUT2D eigenvalue weighted by Gasteiger charge is 2.16. The third kappa shape index (κ3) is 2.89. The van der Waals surface area contributed by atoms with Crippen molar-refractivity contribution in [2.45, 2.75) is 6.54 Å². The van der Waals surface area contributed by atoms with E-state index in [-0.39, 0.29) is 16.8 Å². The van der Waals surface area contributed by atoms with Crippen LogP contribution in [0, 0.1) is 10.1 Å². The van der Waals surface area contributed by atoms with Crippen molar-refractivity contribution in [1.82, 2.24) is 15.0 Å². The molecule has 0 unspecified atom stereocenters. The Morgan fingerprint density at radius 3 is 2.78 bits per heavy atom. The molecule has 2 aromatic rings. The van der Waals surface area contributed by atoms with E-state index in [1.807, 2.05) is 0 Å². The maximum atomic E-state index is 10.8. The molecule has 0 fully saturated rings. The first-order valence-electron chi connectivity index (χ1n) is 4.96. The van der Waals surface area contributed by atoms with Gasteiger partial charge in [-0.25, -0.2) is 4.98 Å². The molecule has 18 heavy (non-hydrogen) atoms. The SMILES string of the molecule is O=[N+]([O-])c1cnc(Cl)nc1NCc1ccncc1. The fourth-order valence-corrected chi connectivity index (χ4v) is 1.44. The minimum absolute atomic E-state index is 0.0437. The number of halogens is 1. The van der Waals surface area contributed by atoms with Crippen LogP contribution < -0.4 is 5.32 Å². The van der Waals surface area contributed by atoms with Gasteiger partial charge in [0.2, 0.25) is 11.1 Å². The van der Waals surface area contributed by atoms with Crippen LogP contribution in [0.1, 0.15) is 5.56 Å². The minimum Gasteiger partial charge on any atom is -0.360 e. The molecule has 0 aliphatic rings. The largest absolute Gasteiger partial charge is 0.360 e. The summed E-state index contributed by atoms with van der Waals surface area (Å²) in [4.78, 5) is 21.5. The van der Waals surface area contributed by atoms with Crippen molar-refractivity contribution in [3.8, 4) is 0 Å². The maximum Gasteiger partial charge on any atom is 0.329 e. The first-order chi connectivity index (χ1) is 8.66. The molecule has 92 valence electrons. The predicted octanol–water partition coefficient (Wildman–Crippen LogP) is 2.05. The number of nitro groups is 1. The molecule has 0 saturated carbocycles. The van der Waals surface area contributed by atoms with Crippen LogP contribution in [0.5, 0.6) is 0 Å². The number of rotatable bonds is 4. The molecule has 0 radical (unpaired) electrons. The van der Waals surface area contributed by atoms with Gasteiger partial charge in [0.05, 0.1) is 4.92 Å². The van der Waals surface area contributed by atoms with E-state index in [0.29, 0.717) is 6.54 Å². The van der Waals surface area contributed by atoms with Crippen LogP contribution in [0.15, 0.2) is 30.7 Å². The number of nitrogens with zero attached hydrogens (tertiary/aromatic N) is 4. The summed E-state index contributed by atoms with van der Waals surface area (Å²) in [5.74, 6) is 0.0943. The topological polar surface area (TPSA) is 93.8 Å². The lowest BCUT2D eigenvalue weighted by molar-refractivity contribution is -0.384. The van der Waals surface area contributed by atoms with Crippen molar-refractivity contribution in [2.75, 3.05) is 5.32 Å². The van der Waals surface area contributed by atoms with Gasteiger partial charge in [0.25, 0.3) is 0 Å². The zero-order valence-electron chi connectivity index (χ0n) is 9.08. The number of anilines is 1. The smallest absolute Gasteiger partial charge is 0.329 e.